The van der Waals surface area contributed by atoms with Crippen LogP contribution in [-0.4, -0.2) is 6.61 Å². The Balaban J connectivity index is 3.37. The summed E-state index contributed by atoms with van der Waals surface area (Å²) in [7, 11) is 0. The summed E-state index contributed by atoms with van der Waals surface area (Å²) in [6.45, 7) is 1.67. The van der Waals surface area contributed by atoms with Gasteiger partial charge in [0.25, 0.3) is 0 Å². The predicted octanol–water partition coefficient (Wildman–Crippen LogP) is 2.37. The summed E-state index contributed by atoms with van der Waals surface area (Å²) >= 11 is 0. The zero-order valence-electron chi connectivity index (χ0n) is 7.27. The number of hydrogen-bond acceptors (Lipinski definition) is 2. The van der Waals surface area contributed by atoms with Gasteiger partial charge in [0.15, 0.2) is 23.2 Å². The maximum atomic E-state index is 13.1. The smallest absolute Gasteiger partial charge is 0.185 e. The third-order valence-corrected chi connectivity index (χ3v) is 1.53. The van der Waals surface area contributed by atoms with Crippen LogP contribution in [0.15, 0.2) is 6.07 Å². The van der Waals surface area contributed by atoms with Gasteiger partial charge in [0.2, 0.25) is 0 Å². The molecule has 0 amide bonds. The molecule has 0 aromatic heterocycles. The van der Waals surface area contributed by atoms with E-state index in [2.05, 4.69) is 4.74 Å². The molecule has 0 fully saturated rings. The van der Waals surface area contributed by atoms with E-state index in [-0.39, 0.29) is 6.61 Å². The normalized spacial score (nSPS) is 9.64. The van der Waals surface area contributed by atoms with Crippen molar-refractivity contribution in [2.75, 3.05) is 6.61 Å². The Morgan fingerprint density at radius 2 is 2.00 bits per heavy atom. The van der Waals surface area contributed by atoms with Gasteiger partial charge in [-0.15, -0.1) is 0 Å². The number of halogens is 3. The van der Waals surface area contributed by atoms with Crippen LogP contribution in [0.25, 0.3) is 0 Å². The zero-order chi connectivity index (χ0) is 10.7. The van der Waals surface area contributed by atoms with Gasteiger partial charge in [0.1, 0.15) is 11.6 Å². The van der Waals surface area contributed by atoms with E-state index in [1.807, 2.05) is 0 Å². The van der Waals surface area contributed by atoms with Crippen LogP contribution in [-0.2, 0) is 0 Å². The summed E-state index contributed by atoms with van der Waals surface area (Å²) in [5.41, 5.74) is -0.964. The third-order valence-electron chi connectivity index (χ3n) is 1.53. The fourth-order valence-electron chi connectivity index (χ4n) is 0.939. The van der Waals surface area contributed by atoms with Crippen LogP contribution >= 0.6 is 0 Å². The minimum atomic E-state index is -1.49. The Morgan fingerprint density at radius 1 is 1.36 bits per heavy atom. The number of nitrogens with zero attached hydrogens (tertiary/aromatic N) is 1. The molecule has 5 heteroatoms. The molecule has 0 heterocycles. The summed E-state index contributed by atoms with van der Waals surface area (Å²) in [6, 6.07) is 1.81. The Morgan fingerprint density at radius 3 is 2.50 bits per heavy atom. The molecule has 0 radical (unpaired) electrons. The second kappa shape index (κ2) is 4.01. The lowest BCUT2D eigenvalue weighted by Crippen LogP contribution is -2.01. The lowest BCUT2D eigenvalue weighted by molar-refractivity contribution is 0.315. The molecule has 2 nitrogen and oxygen atoms in total. The van der Waals surface area contributed by atoms with Crippen LogP contribution in [0.4, 0.5) is 13.2 Å². The lowest BCUT2D eigenvalue weighted by Gasteiger charge is -2.06. The molecule has 1 aromatic carbocycles. The Kier molecular flexibility index (Phi) is 2.97. The first-order chi connectivity index (χ1) is 6.61. The molecule has 0 saturated heterocycles. The molecule has 0 unspecified atom stereocenters. The molecule has 14 heavy (non-hydrogen) atoms. The van der Waals surface area contributed by atoms with Crippen LogP contribution in [0, 0.1) is 28.8 Å². The minimum absolute atomic E-state index is 0.104. The molecule has 1 rings (SSSR count). The van der Waals surface area contributed by atoms with Crippen molar-refractivity contribution in [1.29, 1.82) is 5.26 Å². The van der Waals surface area contributed by atoms with Crippen LogP contribution in [0.3, 0.4) is 0 Å². The highest BCUT2D eigenvalue weighted by Gasteiger charge is 2.19. The number of benzene rings is 1. The fraction of sp³-hybridized carbons (Fsp3) is 0.222. The van der Waals surface area contributed by atoms with Gasteiger partial charge in [-0.2, -0.15) is 5.26 Å². The van der Waals surface area contributed by atoms with Crippen molar-refractivity contribution in [3.63, 3.8) is 0 Å². The second-order valence-electron chi connectivity index (χ2n) is 2.40. The predicted molar refractivity (Wildman–Crippen MR) is 42.2 cm³/mol. The van der Waals surface area contributed by atoms with E-state index in [0.29, 0.717) is 6.07 Å². The monoisotopic (exact) mass is 201 g/mol. The molecule has 0 atom stereocenters. The second-order valence-corrected chi connectivity index (χ2v) is 2.40. The molecular weight excluding hydrogens is 195 g/mol. The molecule has 0 N–H and O–H groups in total. The van der Waals surface area contributed by atoms with Crippen LogP contribution in [0.2, 0.25) is 0 Å². The van der Waals surface area contributed by atoms with E-state index >= 15 is 0 Å². The first kappa shape index (κ1) is 10.4. The topological polar surface area (TPSA) is 33.0 Å². The van der Waals surface area contributed by atoms with Gasteiger partial charge >= 0.3 is 0 Å². The minimum Gasteiger partial charge on any atom is -0.491 e. The van der Waals surface area contributed by atoms with Gasteiger partial charge in [0.05, 0.1) is 6.61 Å². The number of ether oxygens (including phenoxy) is 1. The van der Waals surface area contributed by atoms with Crippen molar-refractivity contribution < 1.29 is 17.9 Å². The SMILES string of the molecule is CCOc1cc(F)c(F)c(C#N)c1F. The maximum Gasteiger partial charge on any atom is 0.185 e. The van der Waals surface area contributed by atoms with Crippen molar-refractivity contribution in [3.05, 3.63) is 29.1 Å². The Bertz CT molecular complexity index is 398. The molecule has 0 spiro atoms. The van der Waals surface area contributed by atoms with Gasteiger partial charge in [-0.3, -0.25) is 0 Å². The molecule has 0 aliphatic carbocycles. The average molecular weight is 201 g/mol. The van der Waals surface area contributed by atoms with E-state index in [0.717, 1.165) is 0 Å². The van der Waals surface area contributed by atoms with E-state index in [9.17, 15) is 13.2 Å². The Hall–Kier alpha value is -1.70. The number of rotatable bonds is 2. The van der Waals surface area contributed by atoms with Gasteiger partial charge in [-0.25, -0.2) is 13.2 Å². The van der Waals surface area contributed by atoms with Crippen LogP contribution < -0.4 is 4.74 Å². The largest absolute Gasteiger partial charge is 0.491 e. The summed E-state index contributed by atoms with van der Waals surface area (Å²) in [6.07, 6.45) is 0. The van der Waals surface area contributed by atoms with Crippen molar-refractivity contribution >= 4 is 0 Å². The molecule has 0 bridgehead atoms. The molecule has 0 saturated carbocycles. The first-order valence-electron chi connectivity index (χ1n) is 3.82. The molecule has 74 valence electrons. The van der Waals surface area contributed by atoms with Gasteiger partial charge in [-0.1, -0.05) is 0 Å². The van der Waals surface area contributed by atoms with Crippen molar-refractivity contribution in [3.8, 4) is 11.8 Å². The summed E-state index contributed by atoms with van der Waals surface area (Å²) in [5.74, 6) is -4.42. The van der Waals surface area contributed by atoms with Gasteiger partial charge in [-0.05, 0) is 6.92 Å². The highest BCUT2D eigenvalue weighted by atomic mass is 19.2. The van der Waals surface area contributed by atoms with E-state index in [4.69, 9.17) is 5.26 Å². The maximum absolute atomic E-state index is 13.1. The number of nitriles is 1. The van der Waals surface area contributed by atoms with Crippen molar-refractivity contribution in [2.45, 2.75) is 6.92 Å². The molecule has 0 aliphatic heterocycles. The fourth-order valence-corrected chi connectivity index (χ4v) is 0.939. The van der Waals surface area contributed by atoms with E-state index < -0.39 is 28.8 Å². The molecular formula is C9H6F3NO. The van der Waals surface area contributed by atoms with Crippen LogP contribution in [0.5, 0.6) is 5.75 Å². The number of hydrogen-bond donors (Lipinski definition) is 0. The summed E-state index contributed by atoms with van der Waals surface area (Å²) in [5, 5.41) is 8.36. The average Bonchev–Trinajstić information content (AvgIpc) is 2.16. The van der Waals surface area contributed by atoms with Crippen molar-refractivity contribution in [2.24, 2.45) is 0 Å². The lowest BCUT2D eigenvalue weighted by atomic mass is 10.2. The summed E-state index contributed by atoms with van der Waals surface area (Å²) in [4.78, 5) is 0. The molecule has 1 aromatic rings. The highest BCUT2D eigenvalue weighted by molar-refractivity contribution is 5.40. The molecule has 0 aliphatic rings. The van der Waals surface area contributed by atoms with E-state index in [1.165, 1.54) is 6.07 Å². The highest BCUT2D eigenvalue weighted by Crippen LogP contribution is 2.25. The standard InChI is InChI=1S/C9H6F3NO/c1-2-14-7-3-6(10)8(11)5(4-13)9(7)12/h3H,2H2,1H3. The third kappa shape index (κ3) is 1.64. The van der Waals surface area contributed by atoms with Crippen molar-refractivity contribution in [1.82, 2.24) is 0 Å². The Labute approximate surface area is 78.5 Å². The summed E-state index contributed by atoms with van der Waals surface area (Å²) < 4.78 is 43.4. The zero-order valence-corrected chi connectivity index (χ0v) is 7.27. The van der Waals surface area contributed by atoms with Gasteiger partial charge in [0, 0.05) is 6.07 Å². The quantitative estimate of drug-likeness (QED) is 0.688. The first-order valence-corrected chi connectivity index (χ1v) is 3.82. The van der Waals surface area contributed by atoms with E-state index in [1.54, 1.807) is 6.92 Å². The van der Waals surface area contributed by atoms with Gasteiger partial charge < -0.3 is 4.74 Å². The van der Waals surface area contributed by atoms with Crippen LogP contribution in [0.1, 0.15) is 12.5 Å².